The van der Waals surface area contributed by atoms with Crippen LogP contribution in [-0.2, 0) is 30.6 Å². The summed E-state index contributed by atoms with van der Waals surface area (Å²) in [7, 11) is 0. The van der Waals surface area contributed by atoms with Gasteiger partial charge in [0.15, 0.2) is 0 Å². The molecule has 0 nitrogen and oxygen atoms in total. The maximum Gasteiger partial charge on any atom is 2.00 e. The summed E-state index contributed by atoms with van der Waals surface area (Å²) < 4.78 is 0. The van der Waals surface area contributed by atoms with Crippen molar-refractivity contribution < 1.29 is 17.1 Å². The van der Waals surface area contributed by atoms with E-state index in [4.69, 9.17) is 0 Å². The monoisotopic (exact) mass is 155 g/mol. The normalized spacial score (nSPS) is 0. The van der Waals surface area contributed by atoms with Gasteiger partial charge in [-0.3, -0.25) is 0 Å². The van der Waals surface area contributed by atoms with Crippen LogP contribution in [0.4, 0.5) is 0 Å². The van der Waals surface area contributed by atoms with Gasteiger partial charge >= 0.3 is 17.1 Å². The Hall–Kier alpha value is 1.57. The van der Waals surface area contributed by atoms with Crippen LogP contribution in [0.1, 0.15) is 0 Å². The topological polar surface area (TPSA) is 0 Å². The van der Waals surface area contributed by atoms with Crippen LogP contribution >= 0.6 is 27.0 Å². The molecule has 0 aromatic rings. The summed E-state index contributed by atoms with van der Waals surface area (Å²) in [5, 5.41) is 0. The zero-order chi connectivity index (χ0) is 0. The van der Waals surface area contributed by atoms with E-state index in [0.717, 1.165) is 0 Å². The summed E-state index contributed by atoms with van der Waals surface area (Å²) in [6, 6.07) is 0. The predicted molar refractivity (Wildman–Crippen MR) is 28.1 cm³/mol. The molecule has 0 heterocycles. The van der Waals surface area contributed by atoms with Crippen LogP contribution in [0.2, 0.25) is 0 Å². The van der Waals surface area contributed by atoms with Crippen LogP contribution in [0.25, 0.3) is 0 Å². The Morgan fingerprint density at radius 1 is 0.750 bits per heavy atom. The third kappa shape index (κ3) is 9.57. The molecule has 4 heavy (non-hydrogen) atoms. The number of hydrogen-bond donors (Lipinski definition) is 0. The molecule has 0 aliphatic rings. The van der Waals surface area contributed by atoms with Gasteiger partial charge in [-0.25, -0.2) is 0 Å². The van der Waals surface area contributed by atoms with Gasteiger partial charge in [0.2, 0.25) is 0 Å². The Bertz CT molecular complexity index is 3.25. The summed E-state index contributed by atoms with van der Waals surface area (Å²) in [5.74, 6) is 0. The first-order valence-corrected chi connectivity index (χ1v) is 0. The van der Waals surface area contributed by atoms with E-state index in [9.17, 15) is 0 Å². The van der Waals surface area contributed by atoms with Crippen LogP contribution in [-0.4, -0.2) is 0 Å². The third-order valence-electron chi connectivity index (χ3n) is 0. The van der Waals surface area contributed by atoms with Crippen LogP contribution < -0.4 is 0 Å². The van der Waals surface area contributed by atoms with Gasteiger partial charge in [-0.15, -0.1) is 0 Å². The first-order valence-electron chi connectivity index (χ1n) is 0. The standard InChI is InChI=1S/Mn.2H2S.S/h;2*1H2;/q+2;;;-2. The number of hydrogen-bond acceptors (Lipinski definition) is 0. The molecule has 0 fully saturated rings. The zero-order valence-electron chi connectivity index (χ0n) is 1.79. The molecule has 0 bridgehead atoms. The second-order valence-corrected chi connectivity index (χ2v) is 0. The van der Waals surface area contributed by atoms with E-state index >= 15 is 0 Å². The van der Waals surface area contributed by atoms with Crippen molar-refractivity contribution in [2.45, 2.75) is 0 Å². The Balaban J connectivity index is 0. The molecule has 29 valence electrons. The molecule has 0 rings (SSSR count). The molecule has 0 aliphatic heterocycles. The Morgan fingerprint density at radius 2 is 0.750 bits per heavy atom. The number of rotatable bonds is 0. The van der Waals surface area contributed by atoms with E-state index < -0.39 is 0 Å². The summed E-state index contributed by atoms with van der Waals surface area (Å²) in [6.45, 7) is 0. The average Bonchev–Trinajstić information content (AvgIpc) is 0. The minimum atomic E-state index is 0. The van der Waals surface area contributed by atoms with E-state index in [1.54, 1.807) is 0 Å². The maximum atomic E-state index is 0. The van der Waals surface area contributed by atoms with Gasteiger partial charge in [0.05, 0.1) is 0 Å². The Kier molecular flexibility index (Phi) is 279. The quantitative estimate of drug-likeness (QED) is 0.439. The van der Waals surface area contributed by atoms with Gasteiger partial charge in [0.1, 0.15) is 0 Å². The van der Waals surface area contributed by atoms with Crippen LogP contribution in [0.5, 0.6) is 0 Å². The summed E-state index contributed by atoms with van der Waals surface area (Å²) >= 11 is 0. The fraction of sp³-hybridized carbons (Fsp3) is 0. The van der Waals surface area contributed by atoms with Crippen LogP contribution in [0.3, 0.4) is 0 Å². The smallest absolute Gasteiger partial charge is 2.00 e. The molecular weight excluding hydrogens is 151 g/mol. The Labute approximate surface area is 57.5 Å². The minimum absolute atomic E-state index is 0. The Morgan fingerprint density at radius 3 is 0.750 bits per heavy atom. The van der Waals surface area contributed by atoms with E-state index in [0.29, 0.717) is 0 Å². The van der Waals surface area contributed by atoms with E-state index in [1.165, 1.54) is 0 Å². The van der Waals surface area contributed by atoms with Gasteiger partial charge in [-0.05, 0) is 0 Å². The van der Waals surface area contributed by atoms with Crippen molar-refractivity contribution in [1.82, 2.24) is 0 Å². The van der Waals surface area contributed by atoms with Crippen molar-refractivity contribution >= 4 is 40.5 Å². The van der Waals surface area contributed by atoms with E-state index in [2.05, 4.69) is 0 Å². The molecule has 0 saturated heterocycles. The molecule has 0 aromatic carbocycles. The molecule has 0 aliphatic carbocycles. The van der Waals surface area contributed by atoms with Crippen molar-refractivity contribution in [3.05, 3.63) is 0 Å². The molecule has 0 atom stereocenters. The van der Waals surface area contributed by atoms with Crippen molar-refractivity contribution in [3.63, 3.8) is 0 Å². The van der Waals surface area contributed by atoms with Crippen LogP contribution in [0.15, 0.2) is 0 Å². The minimum Gasteiger partial charge on any atom is -2.00 e. The fourth-order valence-corrected chi connectivity index (χ4v) is 0. The molecule has 0 spiro atoms. The van der Waals surface area contributed by atoms with Gasteiger partial charge in [-0.1, -0.05) is 0 Å². The molecule has 0 saturated carbocycles. The van der Waals surface area contributed by atoms with Crippen molar-refractivity contribution in [1.29, 1.82) is 0 Å². The molecule has 1 radical (unpaired) electrons. The first kappa shape index (κ1) is 47.2. The first-order chi connectivity index (χ1) is 0. The predicted octanol–water partition coefficient (Wildman–Crippen LogP) is 0.221. The van der Waals surface area contributed by atoms with E-state index in [-0.39, 0.29) is 57.6 Å². The second-order valence-electron chi connectivity index (χ2n) is 0. The maximum absolute atomic E-state index is 0. The molecular formula is H4MnS3. The largest absolute Gasteiger partial charge is 2.00 e. The molecule has 0 N–H and O–H groups in total. The molecule has 0 amide bonds. The van der Waals surface area contributed by atoms with Gasteiger partial charge in [0, 0.05) is 0 Å². The van der Waals surface area contributed by atoms with Gasteiger partial charge < -0.3 is 13.5 Å². The van der Waals surface area contributed by atoms with Gasteiger partial charge in [-0.2, -0.15) is 27.0 Å². The van der Waals surface area contributed by atoms with Crippen molar-refractivity contribution in [3.8, 4) is 0 Å². The summed E-state index contributed by atoms with van der Waals surface area (Å²) in [4.78, 5) is 0. The van der Waals surface area contributed by atoms with Crippen LogP contribution in [0, 0.1) is 0 Å². The molecule has 0 unspecified atom stereocenters. The van der Waals surface area contributed by atoms with Crippen molar-refractivity contribution in [2.24, 2.45) is 0 Å². The second kappa shape index (κ2) is 23.6. The molecule has 4 heteroatoms. The SMILES string of the molecule is S.S.[Mn+2].[S-2]. The summed E-state index contributed by atoms with van der Waals surface area (Å²) in [5.41, 5.74) is 0. The average molecular weight is 155 g/mol. The molecule has 0 aromatic heterocycles. The summed E-state index contributed by atoms with van der Waals surface area (Å²) in [6.07, 6.45) is 0. The van der Waals surface area contributed by atoms with Gasteiger partial charge in [0.25, 0.3) is 0 Å². The third-order valence-corrected chi connectivity index (χ3v) is 0. The fourth-order valence-electron chi connectivity index (χ4n) is 0. The van der Waals surface area contributed by atoms with E-state index in [1.807, 2.05) is 0 Å². The van der Waals surface area contributed by atoms with Crippen molar-refractivity contribution in [2.75, 3.05) is 0 Å². The zero-order valence-corrected chi connectivity index (χ0v) is 5.78.